The third kappa shape index (κ3) is 3.82. The minimum absolute atomic E-state index is 0.0335. The molecule has 0 bridgehead atoms. The van der Waals surface area contributed by atoms with Crippen LogP contribution in [0.4, 0.5) is 13.2 Å². The van der Waals surface area contributed by atoms with E-state index >= 15 is 0 Å². The smallest absolute Gasteiger partial charge is 0.345 e. The molecule has 0 atom stereocenters. The quantitative estimate of drug-likeness (QED) is 0.787. The van der Waals surface area contributed by atoms with E-state index in [0.717, 1.165) is 12.3 Å². The second kappa shape index (κ2) is 6.71. The number of pyridine rings is 1. The van der Waals surface area contributed by atoms with Gasteiger partial charge in [0.2, 0.25) is 5.82 Å². The third-order valence-corrected chi connectivity index (χ3v) is 3.33. The molecule has 6 nitrogen and oxygen atoms in total. The molecule has 0 aliphatic heterocycles. The van der Waals surface area contributed by atoms with E-state index in [1.54, 1.807) is 24.3 Å². The van der Waals surface area contributed by atoms with Gasteiger partial charge in [-0.15, -0.1) is 0 Å². The molecule has 1 amide bonds. The van der Waals surface area contributed by atoms with Crippen molar-refractivity contribution in [2.75, 3.05) is 0 Å². The van der Waals surface area contributed by atoms with Gasteiger partial charge in [-0.25, -0.2) is 9.67 Å². The maximum Gasteiger partial charge on any atom is 0.417 e. The minimum atomic E-state index is -4.49. The summed E-state index contributed by atoms with van der Waals surface area (Å²) in [6.07, 6.45) is -1.26. The van der Waals surface area contributed by atoms with Gasteiger partial charge in [0.05, 0.1) is 11.3 Å². The number of carbonyl (C=O) groups is 1. The second-order valence-electron chi connectivity index (χ2n) is 5.09. The van der Waals surface area contributed by atoms with Crippen molar-refractivity contribution in [1.82, 2.24) is 25.1 Å². The van der Waals surface area contributed by atoms with Crippen LogP contribution in [0.2, 0.25) is 0 Å². The summed E-state index contributed by atoms with van der Waals surface area (Å²) >= 11 is 0. The van der Waals surface area contributed by atoms with Crippen molar-refractivity contribution in [2.24, 2.45) is 0 Å². The van der Waals surface area contributed by atoms with Crippen LogP contribution in [0.15, 0.2) is 55.1 Å². The van der Waals surface area contributed by atoms with E-state index in [1.807, 2.05) is 6.07 Å². The van der Waals surface area contributed by atoms with E-state index in [2.05, 4.69) is 20.4 Å². The minimum Gasteiger partial charge on any atom is -0.345 e. The molecule has 0 saturated carbocycles. The molecule has 0 spiro atoms. The van der Waals surface area contributed by atoms with Crippen LogP contribution in [-0.2, 0) is 12.7 Å². The SMILES string of the molecule is O=C(NCc1cncc(C(F)(F)F)c1)c1ncnn1-c1ccccc1. The Labute approximate surface area is 140 Å². The van der Waals surface area contributed by atoms with Gasteiger partial charge in [0, 0.05) is 18.9 Å². The zero-order valence-electron chi connectivity index (χ0n) is 12.7. The molecule has 3 aromatic rings. The lowest BCUT2D eigenvalue weighted by atomic mass is 10.2. The highest BCUT2D eigenvalue weighted by Gasteiger charge is 2.31. The van der Waals surface area contributed by atoms with Gasteiger partial charge < -0.3 is 5.32 Å². The summed E-state index contributed by atoms with van der Waals surface area (Å²) in [7, 11) is 0. The first-order valence-corrected chi connectivity index (χ1v) is 7.20. The van der Waals surface area contributed by atoms with Gasteiger partial charge >= 0.3 is 6.18 Å². The number of rotatable bonds is 4. The van der Waals surface area contributed by atoms with Crippen LogP contribution in [0, 0.1) is 0 Å². The Morgan fingerprint density at radius 3 is 2.64 bits per heavy atom. The predicted octanol–water partition coefficient (Wildman–Crippen LogP) is 2.61. The molecule has 0 aliphatic carbocycles. The summed E-state index contributed by atoms with van der Waals surface area (Å²) in [5.74, 6) is -0.523. The largest absolute Gasteiger partial charge is 0.417 e. The van der Waals surface area contributed by atoms with E-state index in [-0.39, 0.29) is 17.9 Å². The first-order valence-electron chi connectivity index (χ1n) is 7.20. The fraction of sp³-hybridized carbons (Fsp3) is 0.125. The number of nitrogens with zero attached hydrogens (tertiary/aromatic N) is 4. The fourth-order valence-corrected chi connectivity index (χ4v) is 2.16. The molecular formula is C16H12F3N5O. The second-order valence-corrected chi connectivity index (χ2v) is 5.09. The molecule has 0 fully saturated rings. The highest BCUT2D eigenvalue weighted by molar-refractivity contribution is 5.91. The first kappa shape index (κ1) is 16.6. The highest BCUT2D eigenvalue weighted by atomic mass is 19.4. The zero-order valence-corrected chi connectivity index (χ0v) is 12.7. The van der Waals surface area contributed by atoms with Crippen LogP contribution < -0.4 is 5.32 Å². The molecule has 3 rings (SSSR count). The Balaban J connectivity index is 1.74. The summed E-state index contributed by atoms with van der Waals surface area (Å²) in [4.78, 5) is 19.7. The van der Waals surface area contributed by atoms with Crippen molar-refractivity contribution in [3.8, 4) is 5.69 Å². The maximum atomic E-state index is 12.7. The Hall–Kier alpha value is -3.23. The van der Waals surface area contributed by atoms with Crippen molar-refractivity contribution < 1.29 is 18.0 Å². The molecule has 1 N–H and O–H groups in total. The molecule has 2 heterocycles. The van der Waals surface area contributed by atoms with E-state index < -0.39 is 17.6 Å². The van der Waals surface area contributed by atoms with Crippen LogP contribution in [0.5, 0.6) is 0 Å². The summed E-state index contributed by atoms with van der Waals surface area (Å²) in [5, 5.41) is 6.51. The fourth-order valence-electron chi connectivity index (χ4n) is 2.16. The number of halogens is 3. The number of amides is 1. The molecule has 9 heteroatoms. The average Bonchev–Trinajstić information content (AvgIpc) is 3.10. The highest BCUT2D eigenvalue weighted by Crippen LogP contribution is 2.28. The Morgan fingerprint density at radius 1 is 1.16 bits per heavy atom. The lowest BCUT2D eigenvalue weighted by Crippen LogP contribution is -2.26. The van der Waals surface area contributed by atoms with Crippen molar-refractivity contribution in [3.05, 3.63) is 72.1 Å². The van der Waals surface area contributed by atoms with Gasteiger partial charge in [-0.2, -0.15) is 18.3 Å². The summed E-state index contributed by atoms with van der Waals surface area (Å²) in [5.41, 5.74) is 0.00605. The topological polar surface area (TPSA) is 72.7 Å². The van der Waals surface area contributed by atoms with Crippen molar-refractivity contribution >= 4 is 5.91 Å². The molecule has 25 heavy (non-hydrogen) atoms. The number of hydrogen-bond acceptors (Lipinski definition) is 4. The van der Waals surface area contributed by atoms with Crippen LogP contribution in [0.25, 0.3) is 5.69 Å². The van der Waals surface area contributed by atoms with Crippen LogP contribution in [0.1, 0.15) is 21.7 Å². The monoisotopic (exact) mass is 347 g/mol. The molecule has 0 aliphatic rings. The van der Waals surface area contributed by atoms with Gasteiger partial charge in [0.25, 0.3) is 5.91 Å². The molecule has 128 valence electrons. The molecule has 0 unspecified atom stereocenters. The van der Waals surface area contributed by atoms with Gasteiger partial charge in [0.1, 0.15) is 6.33 Å². The van der Waals surface area contributed by atoms with Crippen molar-refractivity contribution in [3.63, 3.8) is 0 Å². The van der Waals surface area contributed by atoms with Crippen LogP contribution in [0.3, 0.4) is 0 Å². The molecule has 2 aromatic heterocycles. The number of alkyl halides is 3. The summed E-state index contributed by atoms with van der Waals surface area (Å²) in [6.45, 7) is -0.114. The Morgan fingerprint density at radius 2 is 1.92 bits per heavy atom. The number of nitrogens with one attached hydrogen (secondary N) is 1. The van der Waals surface area contributed by atoms with E-state index in [9.17, 15) is 18.0 Å². The molecular weight excluding hydrogens is 335 g/mol. The molecule has 0 radical (unpaired) electrons. The third-order valence-electron chi connectivity index (χ3n) is 3.33. The van der Waals surface area contributed by atoms with Crippen LogP contribution in [-0.4, -0.2) is 25.7 Å². The van der Waals surface area contributed by atoms with Gasteiger partial charge in [-0.1, -0.05) is 18.2 Å². The normalized spacial score (nSPS) is 11.3. The average molecular weight is 347 g/mol. The van der Waals surface area contributed by atoms with Gasteiger partial charge in [0.15, 0.2) is 0 Å². The molecule has 0 saturated heterocycles. The predicted molar refractivity (Wildman–Crippen MR) is 81.8 cm³/mol. The van der Waals surface area contributed by atoms with E-state index in [4.69, 9.17) is 0 Å². The number of carbonyl (C=O) groups excluding carboxylic acids is 1. The Kier molecular flexibility index (Phi) is 4.46. The van der Waals surface area contributed by atoms with Gasteiger partial charge in [-0.05, 0) is 23.8 Å². The first-order chi connectivity index (χ1) is 11.9. The number of para-hydroxylation sites is 1. The summed E-state index contributed by atoms with van der Waals surface area (Å²) in [6, 6.07) is 9.83. The lowest BCUT2D eigenvalue weighted by Gasteiger charge is -2.09. The lowest BCUT2D eigenvalue weighted by molar-refractivity contribution is -0.137. The van der Waals surface area contributed by atoms with Crippen molar-refractivity contribution in [2.45, 2.75) is 12.7 Å². The van der Waals surface area contributed by atoms with Gasteiger partial charge in [-0.3, -0.25) is 9.78 Å². The standard InChI is InChI=1S/C16H12F3N5O/c17-16(18,19)12-6-11(7-20-9-12)8-21-15(25)14-22-10-23-24(14)13-4-2-1-3-5-13/h1-7,9-10H,8H2,(H,21,25). The number of aromatic nitrogens is 4. The number of hydrogen-bond donors (Lipinski definition) is 1. The molecule has 1 aromatic carbocycles. The van der Waals surface area contributed by atoms with Crippen molar-refractivity contribution in [1.29, 1.82) is 0 Å². The van der Waals surface area contributed by atoms with E-state index in [0.29, 0.717) is 5.69 Å². The summed E-state index contributed by atoms with van der Waals surface area (Å²) < 4.78 is 39.4. The van der Waals surface area contributed by atoms with E-state index in [1.165, 1.54) is 17.2 Å². The number of benzene rings is 1. The van der Waals surface area contributed by atoms with Crippen LogP contribution >= 0.6 is 0 Å². The zero-order chi connectivity index (χ0) is 17.9. The Bertz CT molecular complexity index is 877. The maximum absolute atomic E-state index is 12.7.